The Morgan fingerprint density at radius 3 is 2.46 bits per heavy atom. The highest BCUT2D eigenvalue weighted by atomic mass is 16.5. The van der Waals surface area contributed by atoms with Gasteiger partial charge in [-0.05, 0) is 36.6 Å². The van der Waals surface area contributed by atoms with E-state index in [1.165, 1.54) is 6.42 Å². The molecule has 7 nitrogen and oxygen atoms in total. The van der Waals surface area contributed by atoms with Crippen molar-refractivity contribution >= 4 is 5.91 Å². The first-order valence-corrected chi connectivity index (χ1v) is 12.2. The number of aromatic nitrogens is 2. The van der Waals surface area contributed by atoms with Crippen molar-refractivity contribution < 1.29 is 19.0 Å². The number of fused-ring (bicyclic) bond motifs is 1. The minimum Gasteiger partial charge on any atom is -0.493 e. The molecule has 0 spiro atoms. The molecule has 1 aliphatic carbocycles. The van der Waals surface area contributed by atoms with E-state index in [1.54, 1.807) is 20.3 Å². The maximum Gasteiger partial charge on any atom is 0.233 e. The van der Waals surface area contributed by atoms with Gasteiger partial charge in [-0.25, -0.2) is 0 Å². The Balaban J connectivity index is 1.51. The lowest BCUT2D eigenvalue weighted by Gasteiger charge is -2.40. The Morgan fingerprint density at radius 1 is 0.971 bits per heavy atom. The van der Waals surface area contributed by atoms with Crippen LogP contribution in [0.3, 0.4) is 0 Å². The lowest BCUT2D eigenvalue weighted by molar-refractivity contribution is -0.139. The van der Waals surface area contributed by atoms with Gasteiger partial charge in [0.15, 0.2) is 11.5 Å². The minimum atomic E-state index is -0.479. The highest BCUT2D eigenvalue weighted by Gasteiger charge is 2.44. The lowest BCUT2D eigenvalue weighted by atomic mass is 9.68. The molecule has 0 N–H and O–H groups in total. The summed E-state index contributed by atoms with van der Waals surface area (Å²) in [5, 5.41) is 8.39. The summed E-state index contributed by atoms with van der Waals surface area (Å²) in [7, 11) is 3.19. The number of carbonyl (C=O) groups is 1. The fourth-order valence-corrected chi connectivity index (χ4v) is 5.38. The Kier molecular flexibility index (Phi) is 6.57. The molecule has 7 heteroatoms. The zero-order valence-electron chi connectivity index (χ0n) is 20.3. The first-order chi connectivity index (χ1) is 17.1. The van der Waals surface area contributed by atoms with E-state index < -0.39 is 5.41 Å². The van der Waals surface area contributed by atoms with Crippen molar-refractivity contribution in [3.8, 4) is 28.6 Å². The predicted molar refractivity (Wildman–Crippen MR) is 133 cm³/mol. The highest BCUT2D eigenvalue weighted by Crippen LogP contribution is 2.43. The van der Waals surface area contributed by atoms with Gasteiger partial charge in [-0.15, -0.1) is 10.2 Å². The van der Waals surface area contributed by atoms with E-state index in [4.69, 9.17) is 14.2 Å². The van der Waals surface area contributed by atoms with Gasteiger partial charge in [0.1, 0.15) is 6.61 Å². The quantitative estimate of drug-likeness (QED) is 0.531. The van der Waals surface area contributed by atoms with Crippen LogP contribution in [0.25, 0.3) is 11.3 Å². The molecule has 1 aliphatic heterocycles. The molecule has 1 aromatic heterocycles. The number of carbonyl (C=O) groups excluding carboxylic acids is 1. The normalized spacial score (nSPS) is 17.0. The van der Waals surface area contributed by atoms with Gasteiger partial charge in [-0.2, -0.15) is 0 Å². The van der Waals surface area contributed by atoms with E-state index in [2.05, 4.69) is 22.3 Å². The third-order valence-corrected chi connectivity index (χ3v) is 7.20. The van der Waals surface area contributed by atoms with Crippen LogP contribution in [0.1, 0.15) is 43.2 Å². The Morgan fingerprint density at radius 2 is 1.77 bits per heavy atom. The Labute approximate surface area is 206 Å². The van der Waals surface area contributed by atoms with Crippen LogP contribution in [-0.2, 0) is 16.8 Å². The van der Waals surface area contributed by atoms with Gasteiger partial charge in [-0.3, -0.25) is 4.79 Å². The highest BCUT2D eigenvalue weighted by molar-refractivity contribution is 5.88. The van der Waals surface area contributed by atoms with Crippen LogP contribution in [0, 0.1) is 0 Å². The molecule has 0 radical (unpaired) electrons. The van der Waals surface area contributed by atoms with Crippen molar-refractivity contribution in [1.82, 2.24) is 15.1 Å². The lowest BCUT2D eigenvalue weighted by Crippen LogP contribution is -2.48. The van der Waals surface area contributed by atoms with Gasteiger partial charge in [0.2, 0.25) is 11.8 Å². The van der Waals surface area contributed by atoms with Crippen molar-refractivity contribution in [3.05, 3.63) is 65.7 Å². The van der Waals surface area contributed by atoms with Crippen molar-refractivity contribution in [2.24, 2.45) is 0 Å². The molecule has 5 rings (SSSR count). The van der Waals surface area contributed by atoms with E-state index in [0.29, 0.717) is 42.8 Å². The molecule has 0 bridgehead atoms. The van der Waals surface area contributed by atoms with Crippen molar-refractivity contribution in [1.29, 1.82) is 0 Å². The Bertz CT molecular complexity index is 1170. The summed E-state index contributed by atoms with van der Waals surface area (Å²) in [5.74, 6) is 1.95. The van der Waals surface area contributed by atoms with Crippen LogP contribution < -0.4 is 14.2 Å². The third kappa shape index (κ3) is 4.43. The number of ether oxygens (including phenoxy) is 3. The number of hydrogen-bond acceptors (Lipinski definition) is 6. The van der Waals surface area contributed by atoms with Gasteiger partial charge >= 0.3 is 0 Å². The number of rotatable bonds is 5. The second-order valence-electron chi connectivity index (χ2n) is 9.21. The van der Waals surface area contributed by atoms with Crippen LogP contribution >= 0.6 is 0 Å². The van der Waals surface area contributed by atoms with Crippen LogP contribution in [0.2, 0.25) is 0 Å². The molecule has 1 amide bonds. The molecule has 1 fully saturated rings. The van der Waals surface area contributed by atoms with Crippen LogP contribution in [-0.4, -0.2) is 48.4 Å². The number of methoxy groups -OCH3 is 2. The summed E-state index contributed by atoms with van der Waals surface area (Å²) in [4.78, 5) is 16.2. The summed E-state index contributed by atoms with van der Waals surface area (Å²) in [5.41, 5.74) is 3.09. The average Bonchev–Trinajstić information content (AvgIpc) is 3.15. The van der Waals surface area contributed by atoms with Gasteiger partial charge in [0.25, 0.3) is 0 Å². The molecular formula is C28H31N3O4. The van der Waals surface area contributed by atoms with Crippen molar-refractivity contribution in [2.45, 2.75) is 44.1 Å². The second-order valence-corrected chi connectivity index (χ2v) is 9.21. The number of benzene rings is 2. The molecule has 35 heavy (non-hydrogen) atoms. The molecule has 0 atom stereocenters. The summed E-state index contributed by atoms with van der Waals surface area (Å²) in [6, 6.07) is 17.9. The van der Waals surface area contributed by atoms with Crippen molar-refractivity contribution in [2.75, 3.05) is 27.4 Å². The fourth-order valence-electron chi connectivity index (χ4n) is 5.38. The first kappa shape index (κ1) is 23.1. The minimum absolute atomic E-state index is 0.188. The van der Waals surface area contributed by atoms with E-state index in [1.807, 2.05) is 41.3 Å². The monoisotopic (exact) mass is 473 g/mol. The number of amides is 1. The molecule has 1 saturated carbocycles. The molecule has 2 aromatic carbocycles. The van der Waals surface area contributed by atoms with E-state index in [0.717, 1.165) is 42.4 Å². The molecule has 0 unspecified atom stereocenters. The molecule has 0 saturated heterocycles. The molecular weight excluding hydrogens is 442 g/mol. The Hall–Kier alpha value is -3.61. The first-order valence-electron chi connectivity index (χ1n) is 12.2. The number of hydrogen-bond donors (Lipinski definition) is 0. The fraction of sp³-hybridized carbons (Fsp3) is 0.393. The van der Waals surface area contributed by atoms with Gasteiger partial charge in [-0.1, -0.05) is 49.6 Å². The largest absolute Gasteiger partial charge is 0.493 e. The zero-order valence-corrected chi connectivity index (χ0v) is 20.3. The summed E-state index contributed by atoms with van der Waals surface area (Å²) < 4.78 is 16.9. The maximum atomic E-state index is 14.2. The summed E-state index contributed by atoms with van der Waals surface area (Å²) in [6.07, 6.45) is 5.07. The van der Waals surface area contributed by atoms with E-state index in [9.17, 15) is 4.79 Å². The standard InChI is InChI=1S/C28H31N3O4/c1-33-24-18-20(23-11-12-25(34-2)30-29-23)17-21-19-31(15-16-35-26(21)24)27(32)28(13-7-4-8-14-28)22-9-5-3-6-10-22/h3,5-6,9-12,17-18H,4,7-8,13-16,19H2,1-2H3. The van der Waals surface area contributed by atoms with Gasteiger partial charge in [0, 0.05) is 23.7 Å². The van der Waals surface area contributed by atoms with E-state index >= 15 is 0 Å². The zero-order chi connectivity index (χ0) is 24.3. The van der Waals surface area contributed by atoms with Gasteiger partial charge < -0.3 is 19.1 Å². The average molecular weight is 474 g/mol. The van der Waals surface area contributed by atoms with E-state index in [-0.39, 0.29) is 5.91 Å². The SMILES string of the molecule is COc1ccc(-c2cc3c(c(OC)c2)OCCN(C(=O)C2(c4ccccc4)CCCCC2)C3)nn1. The van der Waals surface area contributed by atoms with Crippen LogP contribution in [0.5, 0.6) is 17.4 Å². The molecule has 2 heterocycles. The maximum absolute atomic E-state index is 14.2. The van der Waals surface area contributed by atoms with Crippen LogP contribution in [0.4, 0.5) is 0 Å². The molecule has 182 valence electrons. The predicted octanol–water partition coefficient (Wildman–Crippen LogP) is 4.78. The topological polar surface area (TPSA) is 73.8 Å². The molecule has 3 aromatic rings. The second kappa shape index (κ2) is 9.94. The van der Waals surface area contributed by atoms with Crippen molar-refractivity contribution in [3.63, 3.8) is 0 Å². The summed E-state index contributed by atoms with van der Waals surface area (Å²) >= 11 is 0. The van der Waals surface area contributed by atoms with Gasteiger partial charge in [0.05, 0.1) is 31.9 Å². The third-order valence-electron chi connectivity index (χ3n) is 7.20. The smallest absolute Gasteiger partial charge is 0.233 e. The summed E-state index contributed by atoms with van der Waals surface area (Å²) in [6.45, 7) is 1.40. The number of nitrogens with zero attached hydrogens (tertiary/aromatic N) is 3. The molecule has 2 aliphatic rings. The van der Waals surface area contributed by atoms with Crippen LogP contribution in [0.15, 0.2) is 54.6 Å².